The van der Waals surface area contributed by atoms with E-state index in [4.69, 9.17) is 9.26 Å². The van der Waals surface area contributed by atoms with Crippen LogP contribution in [0.15, 0.2) is 35.2 Å². The maximum atomic E-state index is 11.8. The van der Waals surface area contributed by atoms with E-state index in [0.717, 1.165) is 11.1 Å². The monoisotopic (exact) mass is 285 g/mol. The molecule has 0 amide bonds. The Morgan fingerprint density at radius 2 is 2.00 bits per heavy atom. The Bertz CT molecular complexity index is 734. The number of rotatable bonds is 4. The molecule has 0 fully saturated rings. The van der Waals surface area contributed by atoms with Gasteiger partial charge in [-0.3, -0.25) is 0 Å². The molecule has 0 aliphatic rings. The number of carbonyl (C=O) groups excluding carboxylic acids is 1. The lowest BCUT2D eigenvalue weighted by Crippen LogP contribution is -2.06. The first-order valence-electron chi connectivity index (χ1n) is 6.24. The molecule has 3 rings (SSSR count). The number of aromatic amines is 1. The van der Waals surface area contributed by atoms with Crippen LogP contribution in [0.3, 0.4) is 0 Å². The van der Waals surface area contributed by atoms with E-state index in [-0.39, 0.29) is 12.3 Å². The number of hydrogen-bond donors (Lipinski definition) is 1. The highest BCUT2D eigenvalue weighted by atomic mass is 16.5. The summed E-state index contributed by atoms with van der Waals surface area (Å²) >= 11 is 0. The smallest absolute Gasteiger partial charge is 0.361 e. The number of H-pyrrole nitrogens is 1. The van der Waals surface area contributed by atoms with Crippen LogP contribution in [0.25, 0.3) is 22.6 Å². The average Bonchev–Trinajstić information content (AvgIpc) is 3.19. The Morgan fingerprint density at radius 3 is 2.67 bits per heavy atom. The molecule has 106 valence electrons. The summed E-state index contributed by atoms with van der Waals surface area (Å²) in [6.45, 7) is 2.01. The normalized spacial score (nSPS) is 10.5. The van der Waals surface area contributed by atoms with Gasteiger partial charge in [0, 0.05) is 11.1 Å². The molecule has 0 spiro atoms. The SMILES string of the molecule is CCOC(=O)c1n[nH]nc1-c1ccc(-c2ncon2)cc1. The summed E-state index contributed by atoms with van der Waals surface area (Å²) in [6.07, 6.45) is 1.26. The van der Waals surface area contributed by atoms with Crippen molar-refractivity contribution in [3.8, 4) is 22.6 Å². The van der Waals surface area contributed by atoms with Crippen molar-refractivity contribution >= 4 is 5.97 Å². The molecule has 0 aliphatic heterocycles. The van der Waals surface area contributed by atoms with Crippen molar-refractivity contribution < 1.29 is 14.1 Å². The summed E-state index contributed by atoms with van der Waals surface area (Å²) in [4.78, 5) is 15.7. The standard InChI is InChI=1S/C13H11N5O3/c1-2-20-13(19)11-10(15-18-16-11)8-3-5-9(6-4-8)12-14-7-21-17-12/h3-7H,2H2,1H3,(H,15,16,18). The van der Waals surface area contributed by atoms with E-state index < -0.39 is 5.97 Å². The van der Waals surface area contributed by atoms with E-state index in [0.29, 0.717) is 11.5 Å². The van der Waals surface area contributed by atoms with Crippen LogP contribution in [0, 0.1) is 0 Å². The van der Waals surface area contributed by atoms with Gasteiger partial charge in [0.25, 0.3) is 0 Å². The molecule has 2 aromatic heterocycles. The van der Waals surface area contributed by atoms with Crippen molar-refractivity contribution in [1.82, 2.24) is 25.6 Å². The largest absolute Gasteiger partial charge is 0.461 e. The number of esters is 1. The van der Waals surface area contributed by atoms with Gasteiger partial charge in [-0.05, 0) is 6.92 Å². The van der Waals surface area contributed by atoms with Crippen LogP contribution in [-0.2, 0) is 4.74 Å². The molecule has 2 heterocycles. The summed E-state index contributed by atoms with van der Waals surface area (Å²) in [5, 5.41) is 14.0. The van der Waals surface area contributed by atoms with Gasteiger partial charge < -0.3 is 9.26 Å². The molecule has 1 aromatic carbocycles. The zero-order chi connectivity index (χ0) is 14.7. The molecule has 1 N–H and O–H groups in total. The van der Waals surface area contributed by atoms with Gasteiger partial charge in [0.05, 0.1) is 6.61 Å². The van der Waals surface area contributed by atoms with Crippen LogP contribution in [0.5, 0.6) is 0 Å². The fourth-order valence-electron chi connectivity index (χ4n) is 1.85. The minimum absolute atomic E-state index is 0.157. The van der Waals surface area contributed by atoms with Crippen LogP contribution < -0.4 is 0 Å². The van der Waals surface area contributed by atoms with Crippen molar-refractivity contribution in [1.29, 1.82) is 0 Å². The van der Waals surface area contributed by atoms with Gasteiger partial charge in [-0.1, -0.05) is 29.4 Å². The van der Waals surface area contributed by atoms with Crippen molar-refractivity contribution in [2.75, 3.05) is 6.61 Å². The topological polar surface area (TPSA) is 107 Å². The first kappa shape index (κ1) is 13.0. The lowest BCUT2D eigenvalue weighted by Gasteiger charge is -2.02. The molecular weight excluding hydrogens is 274 g/mol. The fraction of sp³-hybridized carbons (Fsp3) is 0.154. The molecule has 0 radical (unpaired) electrons. The van der Waals surface area contributed by atoms with Crippen molar-refractivity contribution in [3.05, 3.63) is 36.4 Å². The van der Waals surface area contributed by atoms with Gasteiger partial charge in [0.15, 0.2) is 5.69 Å². The van der Waals surface area contributed by atoms with Gasteiger partial charge in [-0.25, -0.2) is 4.79 Å². The number of benzene rings is 1. The van der Waals surface area contributed by atoms with Gasteiger partial charge in [0.1, 0.15) is 5.69 Å². The summed E-state index contributed by atoms with van der Waals surface area (Å²) in [6, 6.07) is 7.21. The van der Waals surface area contributed by atoms with Gasteiger partial charge in [-0.15, -0.1) is 5.10 Å². The number of carbonyl (C=O) groups is 1. The van der Waals surface area contributed by atoms with E-state index in [1.54, 1.807) is 19.1 Å². The second-order valence-corrected chi connectivity index (χ2v) is 4.07. The highest BCUT2D eigenvalue weighted by molar-refractivity contribution is 5.93. The number of nitrogens with one attached hydrogen (secondary N) is 1. The number of ether oxygens (including phenoxy) is 1. The first-order chi connectivity index (χ1) is 10.3. The average molecular weight is 285 g/mol. The van der Waals surface area contributed by atoms with Crippen LogP contribution in [0.1, 0.15) is 17.4 Å². The minimum atomic E-state index is -0.511. The quantitative estimate of drug-likeness (QED) is 0.727. The highest BCUT2D eigenvalue weighted by Gasteiger charge is 2.19. The Morgan fingerprint density at radius 1 is 1.24 bits per heavy atom. The second kappa shape index (κ2) is 5.53. The maximum Gasteiger partial charge on any atom is 0.361 e. The second-order valence-electron chi connectivity index (χ2n) is 4.07. The molecule has 3 aromatic rings. The third-order valence-electron chi connectivity index (χ3n) is 2.79. The molecule has 8 nitrogen and oxygen atoms in total. The molecule has 21 heavy (non-hydrogen) atoms. The van der Waals surface area contributed by atoms with Crippen LogP contribution in [0.2, 0.25) is 0 Å². The van der Waals surface area contributed by atoms with Gasteiger partial charge in [-0.2, -0.15) is 15.3 Å². The van der Waals surface area contributed by atoms with E-state index in [1.165, 1.54) is 6.39 Å². The van der Waals surface area contributed by atoms with Gasteiger partial charge >= 0.3 is 5.97 Å². The zero-order valence-corrected chi connectivity index (χ0v) is 11.1. The number of nitrogens with zero attached hydrogens (tertiary/aromatic N) is 4. The summed E-state index contributed by atoms with van der Waals surface area (Å²) in [5.74, 6) is -0.0178. The van der Waals surface area contributed by atoms with E-state index in [9.17, 15) is 4.79 Å². The molecule has 0 unspecified atom stereocenters. The molecule has 0 bridgehead atoms. The van der Waals surface area contributed by atoms with Crippen molar-refractivity contribution in [2.24, 2.45) is 0 Å². The first-order valence-corrected chi connectivity index (χ1v) is 6.24. The summed E-state index contributed by atoms with van der Waals surface area (Å²) in [7, 11) is 0. The van der Waals surface area contributed by atoms with Crippen LogP contribution >= 0.6 is 0 Å². The van der Waals surface area contributed by atoms with Gasteiger partial charge in [0.2, 0.25) is 12.2 Å². The molecule has 0 atom stereocenters. The molecule has 0 saturated carbocycles. The van der Waals surface area contributed by atoms with E-state index in [2.05, 4.69) is 25.6 Å². The fourth-order valence-corrected chi connectivity index (χ4v) is 1.85. The zero-order valence-electron chi connectivity index (χ0n) is 11.1. The Hall–Kier alpha value is -3.03. The predicted octanol–water partition coefficient (Wildman–Crippen LogP) is 1.70. The molecule has 0 saturated heterocycles. The highest BCUT2D eigenvalue weighted by Crippen LogP contribution is 2.23. The van der Waals surface area contributed by atoms with E-state index >= 15 is 0 Å². The van der Waals surface area contributed by atoms with Crippen LogP contribution in [-0.4, -0.2) is 38.1 Å². The minimum Gasteiger partial charge on any atom is -0.461 e. The summed E-state index contributed by atoms with van der Waals surface area (Å²) < 4.78 is 9.64. The van der Waals surface area contributed by atoms with Crippen molar-refractivity contribution in [3.63, 3.8) is 0 Å². The maximum absolute atomic E-state index is 11.8. The number of hydrogen-bond acceptors (Lipinski definition) is 7. The summed E-state index contributed by atoms with van der Waals surface area (Å²) in [5.41, 5.74) is 2.13. The number of aromatic nitrogens is 5. The Kier molecular flexibility index (Phi) is 3.42. The molecular formula is C13H11N5O3. The third-order valence-corrected chi connectivity index (χ3v) is 2.79. The Labute approximate surface area is 119 Å². The molecule has 8 heteroatoms. The predicted molar refractivity (Wildman–Crippen MR) is 71.1 cm³/mol. The third kappa shape index (κ3) is 2.50. The van der Waals surface area contributed by atoms with E-state index in [1.807, 2.05) is 12.1 Å². The van der Waals surface area contributed by atoms with Crippen LogP contribution in [0.4, 0.5) is 0 Å². The Balaban J connectivity index is 1.91. The van der Waals surface area contributed by atoms with Crippen molar-refractivity contribution in [2.45, 2.75) is 6.92 Å². The molecule has 0 aliphatic carbocycles. The lowest BCUT2D eigenvalue weighted by molar-refractivity contribution is 0.0520. The lowest BCUT2D eigenvalue weighted by atomic mass is 10.1.